The number of aromatic nitrogens is 2. The molecular weight excluding hydrogens is 131 g/mol. The lowest BCUT2D eigenvalue weighted by molar-refractivity contribution is 1.39. The van der Waals surface area contributed by atoms with E-state index in [1.54, 1.807) is 6.20 Å². The van der Waals surface area contributed by atoms with Gasteiger partial charge in [-0.1, -0.05) is 0 Å². The zero-order chi connectivity index (χ0) is 6.91. The van der Waals surface area contributed by atoms with Gasteiger partial charge in [0.1, 0.15) is 0 Å². The number of rotatable bonds is 1. The number of hydrogen-bond acceptors (Lipinski definition) is 1. The molecule has 0 aromatic carbocycles. The van der Waals surface area contributed by atoms with Crippen molar-refractivity contribution < 1.29 is 0 Å². The van der Waals surface area contributed by atoms with E-state index in [0.29, 0.717) is 0 Å². The van der Waals surface area contributed by atoms with Gasteiger partial charge in [0, 0.05) is 12.4 Å². The van der Waals surface area contributed by atoms with Gasteiger partial charge in [-0.25, -0.2) is 4.98 Å². The van der Waals surface area contributed by atoms with Crippen LogP contribution in [0.2, 0.25) is 0 Å². The van der Waals surface area contributed by atoms with Crippen molar-refractivity contribution in [2.45, 2.75) is 0 Å². The van der Waals surface area contributed by atoms with Crippen LogP contribution < -0.4 is 5.57 Å². The summed E-state index contributed by atoms with van der Waals surface area (Å²) >= 11 is 0. The first-order valence-electron chi connectivity index (χ1n) is 2.92. The minimum Gasteiger partial charge on any atom is -0.316 e. The van der Waals surface area contributed by atoms with Crippen molar-refractivity contribution in [2.75, 3.05) is 20.0 Å². The molecule has 1 aromatic heterocycles. The molecule has 0 unspecified atom stereocenters. The fourth-order valence-corrected chi connectivity index (χ4v) is 1.50. The molecule has 1 aromatic rings. The fraction of sp³-hybridized carbons (Fsp3) is 0.500. The van der Waals surface area contributed by atoms with Crippen LogP contribution in [0.25, 0.3) is 0 Å². The summed E-state index contributed by atoms with van der Waals surface area (Å²) in [6.07, 6.45) is 3.68. The Labute approximate surface area is 56.0 Å². The Morgan fingerprint density at radius 1 is 1.44 bits per heavy atom. The zero-order valence-electron chi connectivity index (χ0n) is 6.05. The standard InChI is InChI=1S/C6H12N2P/c1-9(2,3)6-7-4-5-8-6/h4-5H,1-3H3,(H,7,8)/q+1. The Morgan fingerprint density at radius 3 is 2.33 bits per heavy atom. The Bertz CT molecular complexity index is 173. The van der Waals surface area contributed by atoms with Gasteiger partial charge in [0.05, 0.1) is 27.3 Å². The highest BCUT2D eigenvalue weighted by atomic mass is 31.2. The Balaban J connectivity index is 2.90. The third-order valence-electron chi connectivity index (χ3n) is 1.12. The first-order valence-corrected chi connectivity index (χ1v) is 6.05. The molecule has 1 N–H and O–H groups in total. The van der Waals surface area contributed by atoms with E-state index in [1.165, 1.54) is 0 Å². The van der Waals surface area contributed by atoms with Crippen molar-refractivity contribution >= 4 is 12.8 Å². The average Bonchev–Trinajstić information content (AvgIpc) is 2.08. The monoisotopic (exact) mass is 143 g/mol. The van der Waals surface area contributed by atoms with E-state index in [-0.39, 0.29) is 0 Å². The van der Waals surface area contributed by atoms with E-state index >= 15 is 0 Å². The molecule has 2 nitrogen and oxygen atoms in total. The summed E-state index contributed by atoms with van der Waals surface area (Å²) in [6.45, 7) is 6.73. The molecule has 0 aliphatic heterocycles. The molecule has 0 aliphatic rings. The predicted octanol–water partition coefficient (Wildman–Crippen LogP) is 0.942. The van der Waals surface area contributed by atoms with Gasteiger partial charge in [-0.15, -0.1) is 0 Å². The molecule has 0 aliphatic carbocycles. The molecule has 1 heterocycles. The Kier molecular flexibility index (Phi) is 1.58. The van der Waals surface area contributed by atoms with E-state index in [4.69, 9.17) is 0 Å². The highest BCUT2D eigenvalue weighted by Gasteiger charge is 2.23. The van der Waals surface area contributed by atoms with E-state index in [0.717, 1.165) is 5.57 Å². The summed E-state index contributed by atoms with van der Waals surface area (Å²) in [5.74, 6) is 0. The predicted molar refractivity (Wildman–Crippen MR) is 42.9 cm³/mol. The van der Waals surface area contributed by atoms with Gasteiger partial charge < -0.3 is 4.98 Å². The van der Waals surface area contributed by atoms with Crippen LogP contribution in [0.1, 0.15) is 0 Å². The van der Waals surface area contributed by atoms with Crippen LogP contribution in [0, 0.1) is 0 Å². The third-order valence-corrected chi connectivity index (χ3v) is 2.63. The number of hydrogen-bond donors (Lipinski definition) is 1. The highest BCUT2D eigenvalue weighted by Crippen LogP contribution is 2.43. The fourth-order valence-electron chi connectivity index (χ4n) is 0.624. The van der Waals surface area contributed by atoms with E-state index in [2.05, 4.69) is 30.0 Å². The first kappa shape index (κ1) is 6.76. The summed E-state index contributed by atoms with van der Waals surface area (Å²) in [5.41, 5.74) is 1.16. The summed E-state index contributed by atoms with van der Waals surface area (Å²) in [6, 6.07) is 0. The Morgan fingerprint density at radius 2 is 2.11 bits per heavy atom. The quantitative estimate of drug-likeness (QED) is 0.582. The van der Waals surface area contributed by atoms with Gasteiger partial charge >= 0.3 is 0 Å². The molecule has 0 amide bonds. The van der Waals surface area contributed by atoms with Crippen LogP contribution in [-0.2, 0) is 0 Å². The molecule has 0 spiro atoms. The average molecular weight is 143 g/mol. The summed E-state index contributed by atoms with van der Waals surface area (Å²) in [5, 5.41) is 0. The smallest absolute Gasteiger partial charge is 0.253 e. The molecule has 0 saturated heterocycles. The second-order valence-electron chi connectivity index (χ2n) is 2.93. The topological polar surface area (TPSA) is 28.7 Å². The lowest BCUT2D eigenvalue weighted by Crippen LogP contribution is -2.11. The van der Waals surface area contributed by atoms with Crippen LogP contribution in [0.5, 0.6) is 0 Å². The lowest BCUT2D eigenvalue weighted by atomic mass is 11.0. The van der Waals surface area contributed by atoms with Crippen molar-refractivity contribution in [3.05, 3.63) is 12.4 Å². The SMILES string of the molecule is C[P+](C)(C)c1ncc[nH]1. The van der Waals surface area contributed by atoms with E-state index in [1.807, 2.05) is 6.20 Å². The number of nitrogens with one attached hydrogen (secondary N) is 1. The minimum absolute atomic E-state index is 0.887. The normalized spacial score (nSPS) is 11.9. The molecule has 0 radical (unpaired) electrons. The molecule has 0 bridgehead atoms. The van der Waals surface area contributed by atoms with Gasteiger partial charge in [-0.05, 0) is 0 Å². The van der Waals surface area contributed by atoms with E-state index in [9.17, 15) is 0 Å². The largest absolute Gasteiger partial charge is 0.316 e. The van der Waals surface area contributed by atoms with Crippen LogP contribution in [0.15, 0.2) is 12.4 Å². The molecule has 3 heteroatoms. The molecule has 1 rings (SSSR count). The lowest BCUT2D eigenvalue weighted by Gasteiger charge is -2.04. The number of aromatic amines is 1. The first-order chi connectivity index (χ1) is 4.11. The number of nitrogens with zero attached hydrogens (tertiary/aromatic N) is 1. The summed E-state index contributed by atoms with van der Waals surface area (Å²) in [7, 11) is -0.887. The molecule has 0 saturated carbocycles. The van der Waals surface area contributed by atoms with Gasteiger partial charge in [-0.2, -0.15) is 0 Å². The second kappa shape index (κ2) is 2.11. The maximum atomic E-state index is 4.18. The molecular formula is C6H12N2P+. The van der Waals surface area contributed by atoms with Crippen LogP contribution in [-0.4, -0.2) is 30.0 Å². The molecule has 0 atom stereocenters. The van der Waals surface area contributed by atoms with Gasteiger partial charge in [0.25, 0.3) is 5.57 Å². The van der Waals surface area contributed by atoms with E-state index < -0.39 is 7.26 Å². The number of imidazole rings is 1. The van der Waals surface area contributed by atoms with Crippen molar-refractivity contribution in [1.29, 1.82) is 0 Å². The second-order valence-corrected chi connectivity index (χ2v) is 7.37. The van der Waals surface area contributed by atoms with Gasteiger partial charge in [-0.3, -0.25) is 0 Å². The van der Waals surface area contributed by atoms with Crippen LogP contribution in [0.4, 0.5) is 0 Å². The summed E-state index contributed by atoms with van der Waals surface area (Å²) in [4.78, 5) is 7.30. The van der Waals surface area contributed by atoms with Crippen molar-refractivity contribution in [3.63, 3.8) is 0 Å². The minimum atomic E-state index is -0.887. The molecule has 50 valence electrons. The maximum Gasteiger partial charge on any atom is 0.253 e. The van der Waals surface area contributed by atoms with Crippen molar-refractivity contribution in [2.24, 2.45) is 0 Å². The maximum absolute atomic E-state index is 4.18. The van der Waals surface area contributed by atoms with Gasteiger partial charge in [0.2, 0.25) is 0 Å². The third kappa shape index (κ3) is 1.52. The molecule has 0 fully saturated rings. The van der Waals surface area contributed by atoms with Crippen LogP contribution in [0.3, 0.4) is 0 Å². The van der Waals surface area contributed by atoms with Crippen LogP contribution >= 0.6 is 7.26 Å². The highest BCUT2D eigenvalue weighted by molar-refractivity contribution is 7.80. The van der Waals surface area contributed by atoms with Gasteiger partial charge in [0.15, 0.2) is 0 Å². The van der Waals surface area contributed by atoms with Crippen molar-refractivity contribution in [3.8, 4) is 0 Å². The Hall–Kier alpha value is -0.360. The zero-order valence-corrected chi connectivity index (χ0v) is 6.94. The number of H-pyrrole nitrogens is 1. The van der Waals surface area contributed by atoms with Crippen molar-refractivity contribution in [1.82, 2.24) is 9.97 Å². The summed E-state index contributed by atoms with van der Waals surface area (Å²) < 4.78 is 0. The molecule has 9 heavy (non-hydrogen) atoms.